The summed E-state index contributed by atoms with van der Waals surface area (Å²) in [5.74, 6) is 1.36. The first-order valence-electron chi connectivity index (χ1n) is 13.0. The lowest BCUT2D eigenvalue weighted by molar-refractivity contribution is -0.125. The predicted octanol–water partition coefficient (Wildman–Crippen LogP) is 5.81. The number of benzene rings is 1. The van der Waals surface area contributed by atoms with Crippen LogP contribution >= 0.6 is 12.4 Å². The van der Waals surface area contributed by atoms with E-state index < -0.39 is 6.10 Å². The van der Waals surface area contributed by atoms with E-state index >= 15 is 0 Å². The molecule has 1 aromatic carbocycles. The minimum atomic E-state index is -0.706. The molecule has 6 heteroatoms. The molecule has 0 radical (unpaired) electrons. The molecule has 0 aliphatic carbocycles. The highest BCUT2D eigenvalue weighted by Crippen LogP contribution is 2.34. The predicted molar refractivity (Wildman–Crippen MR) is 150 cm³/mol. The molecule has 1 rings (SSSR count). The lowest BCUT2D eigenvalue weighted by Gasteiger charge is -2.29. The number of aliphatic hydroxyl groups excluding tert-OH is 1. The van der Waals surface area contributed by atoms with Crippen LogP contribution in [0, 0.1) is 17.8 Å². The maximum Gasteiger partial charge on any atom is 0.222 e. The van der Waals surface area contributed by atoms with Gasteiger partial charge >= 0.3 is 0 Å². The van der Waals surface area contributed by atoms with Crippen LogP contribution in [0.5, 0.6) is 5.75 Å². The summed E-state index contributed by atoms with van der Waals surface area (Å²) in [5.41, 5.74) is 8.81. The van der Waals surface area contributed by atoms with Gasteiger partial charge in [-0.2, -0.15) is 0 Å². The van der Waals surface area contributed by atoms with Crippen LogP contribution in [0.1, 0.15) is 85.3 Å². The third-order valence-corrected chi connectivity index (χ3v) is 6.59. The van der Waals surface area contributed by atoms with Gasteiger partial charge in [-0.05, 0) is 60.1 Å². The summed E-state index contributed by atoms with van der Waals surface area (Å²) < 4.78 is 6.00. The molecule has 1 aromatic rings. The number of hydrogen-bond donors (Lipinski definition) is 3. The Bertz CT molecular complexity index is 761. The van der Waals surface area contributed by atoms with Crippen LogP contribution in [0.3, 0.4) is 0 Å². The van der Waals surface area contributed by atoms with Crippen molar-refractivity contribution < 1.29 is 14.6 Å². The highest BCUT2D eigenvalue weighted by Gasteiger charge is 2.26. The molecular weight excluding hydrogens is 460 g/mol. The lowest BCUT2D eigenvalue weighted by atomic mass is 9.81. The summed E-state index contributed by atoms with van der Waals surface area (Å²) in [6.07, 6.45) is 5.01. The average Bonchev–Trinajstić information content (AvgIpc) is 2.76. The van der Waals surface area contributed by atoms with Gasteiger partial charge in [0.05, 0.1) is 6.10 Å². The summed E-state index contributed by atoms with van der Waals surface area (Å²) >= 11 is 0. The van der Waals surface area contributed by atoms with Crippen LogP contribution in [-0.4, -0.2) is 36.3 Å². The molecule has 0 heterocycles. The van der Waals surface area contributed by atoms with E-state index in [0.717, 1.165) is 25.0 Å². The monoisotopic (exact) mass is 510 g/mol. The van der Waals surface area contributed by atoms with Crippen molar-refractivity contribution >= 4 is 18.3 Å². The molecule has 1 amide bonds. The second-order valence-electron chi connectivity index (χ2n) is 11.1. The molecule has 0 unspecified atom stereocenters. The van der Waals surface area contributed by atoms with Crippen molar-refractivity contribution in [3.05, 3.63) is 42.0 Å². The van der Waals surface area contributed by atoms with Crippen LogP contribution in [-0.2, 0) is 16.6 Å². The number of rotatable bonds is 15. The average molecular weight is 511 g/mol. The molecule has 35 heavy (non-hydrogen) atoms. The van der Waals surface area contributed by atoms with E-state index in [9.17, 15) is 9.90 Å². The molecule has 4 N–H and O–H groups in total. The molecule has 4 atom stereocenters. The molecule has 0 saturated heterocycles. The van der Waals surface area contributed by atoms with Crippen LogP contribution in [0.2, 0.25) is 0 Å². The van der Waals surface area contributed by atoms with E-state index in [0.29, 0.717) is 37.8 Å². The van der Waals surface area contributed by atoms with E-state index in [1.54, 1.807) is 6.08 Å². The Kier molecular flexibility index (Phi) is 15.5. The van der Waals surface area contributed by atoms with Gasteiger partial charge < -0.3 is 20.9 Å². The van der Waals surface area contributed by atoms with Crippen molar-refractivity contribution in [2.24, 2.45) is 23.5 Å². The number of carbonyl (C=O) groups excluding carboxylic acids is 1. The number of nitrogens with one attached hydrogen (secondary N) is 1. The van der Waals surface area contributed by atoms with Crippen LogP contribution in [0.4, 0.5) is 0 Å². The Morgan fingerprint density at radius 3 is 2.43 bits per heavy atom. The summed E-state index contributed by atoms with van der Waals surface area (Å²) in [4.78, 5) is 12.3. The van der Waals surface area contributed by atoms with Gasteiger partial charge in [0.15, 0.2) is 0 Å². The standard InChI is InChI=1S/C29H50N2O3.ClH/c1-9-11-14-31-28(33)21(5)16-26(32)25(30)19-23(20(3)4)17-22-12-13-24(29(6,7)8)27(18-22)34-15-10-2;/h10,12-13,18,20-21,23,25-26,32H,2,9,11,14-17,19,30H2,1,3-8H3,(H,31,33);1H/t21-,23+,25+,26+;/m1./s1. The van der Waals surface area contributed by atoms with Gasteiger partial charge in [-0.25, -0.2) is 0 Å². The normalized spacial score (nSPS) is 15.0. The molecule has 202 valence electrons. The zero-order valence-electron chi connectivity index (χ0n) is 23.1. The Balaban J connectivity index is 0.0000116. The second-order valence-corrected chi connectivity index (χ2v) is 11.1. The van der Waals surface area contributed by atoms with Crippen molar-refractivity contribution in [3.63, 3.8) is 0 Å². The van der Waals surface area contributed by atoms with Crippen molar-refractivity contribution in [2.45, 2.75) is 98.1 Å². The largest absolute Gasteiger partial charge is 0.489 e. The zero-order chi connectivity index (χ0) is 25.9. The van der Waals surface area contributed by atoms with Crippen LogP contribution in [0.25, 0.3) is 0 Å². The van der Waals surface area contributed by atoms with Gasteiger partial charge in [0.1, 0.15) is 12.4 Å². The summed E-state index contributed by atoms with van der Waals surface area (Å²) in [5, 5.41) is 13.7. The van der Waals surface area contributed by atoms with Gasteiger partial charge in [-0.3, -0.25) is 4.79 Å². The number of nitrogens with two attached hydrogens (primary N) is 1. The number of amides is 1. The minimum Gasteiger partial charge on any atom is -0.489 e. The second kappa shape index (κ2) is 16.2. The molecule has 5 nitrogen and oxygen atoms in total. The van der Waals surface area contributed by atoms with E-state index in [1.165, 1.54) is 11.1 Å². The quantitative estimate of drug-likeness (QED) is 0.205. The SMILES string of the molecule is C=CCOc1cc(C[C@@H](C[C@H](N)[C@@H](O)C[C@@H](C)C(=O)NCCCC)C(C)C)ccc1C(C)(C)C.Cl. The van der Waals surface area contributed by atoms with E-state index in [2.05, 4.69) is 71.6 Å². The Morgan fingerprint density at radius 2 is 1.89 bits per heavy atom. The fourth-order valence-corrected chi connectivity index (χ4v) is 4.19. The molecule has 0 aromatic heterocycles. The Hall–Kier alpha value is -1.56. The molecule has 0 saturated carbocycles. The van der Waals surface area contributed by atoms with Crippen molar-refractivity contribution in [1.82, 2.24) is 5.32 Å². The highest BCUT2D eigenvalue weighted by molar-refractivity contribution is 5.85. The number of halogens is 1. The van der Waals surface area contributed by atoms with E-state index in [-0.39, 0.29) is 35.7 Å². The number of unbranched alkanes of at least 4 members (excludes halogenated alkanes) is 1. The first-order valence-corrected chi connectivity index (χ1v) is 13.0. The molecule has 0 aliphatic heterocycles. The molecule has 0 spiro atoms. The highest BCUT2D eigenvalue weighted by atomic mass is 35.5. The van der Waals surface area contributed by atoms with Crippen molar-refractivity contribution in [2.75, 3.05) is 13.2 Å². The van der Waals surface area contributed by atoms with Gasteiger partial charge in [0.25, 0.3) is 0 Å². The first-order chi connectivity index (χ1) is 15.9. The summed E-state index contributed by atoms with van der Waals surface area (Å²) in [6.45, 7) is 19.8. The number of aliphatic hydroxyl groups is 1. The third kappa shape index (κ3) is 11.8. The van der Waals surface area contributed by atoms with Gasteiger partial charge in [0.2, 0.25) is 5.91 Å². The Morgan fingerprint density at radius 1 is 1.23 bits per heavy atom. The third-order valence-electron chi connectivity index (χ3n) is 6.59. The van der Waals surface area contributed by atoms with Gasteiger partial charge in [0, 0.05) is 18.5 Å². The molecular formula is C29H51ClN2O3. The molecule has 0 fully saturated rings. The van der Waals surface area contributed by atoms with Crippen molar-refractivity contribution in [3.8, 4) is 5.75 Å². The Labute approximate surface area is 220 Å². The maximum absolute atomic E-state index is 12.3. The van der Waals surface area contributed by atoms with Crippen LogP contribution < -0.4 is 15.8 Å². The number of carbonyl (C=O) groups is 1. The fraction of sp³-hybridized carbons (Fsp3) is 0.690. The van der Waals surface area contributed by atoms with Crippen LogP contribution in [0.15, 0.2) is 30.9 Å². The first kappa shape index (κ1) is 33.4. The number of hydrogen-bond acceptors (Lipinski definition) is 4. The lowest BCUT2D eigenvalue weighted by Crippen LogP contribution is -2.41. The summed E-state index contributed by atoms with van der Waals surface area (Å²) in [6, 6.07) is 6.12. The van der Waals surface area contributed by atoms with Gasteiger partial charge in [-0.1, -0.05) is 79.7 Å². The summed E-state index contributed by atoms with van der Waals surface area (Å²) in [7, 11) is 0. The molecule has 0 bridgehead atoms. The van der Waals surface area contributed by atoms with E-state index in [1.807, 2.05) is 6.92 Å². The number of ether oxygens (including phenoxy) is 1. The smallest absolute Gasteiger partial charge is 0.222 e. The fourth-order valence-electron chi connectivity index (χ4n) is 4.19. The minimum absolute atomic E-state index is 0. The van der Waals surface area contributed by atoms with Gasteiger partial charge in [-0.15, -0.1) is 12.4 Å². The topological polar surface area (TPSA) is 84.6 Å². The zero-order valence-corrected chi connectivity index (χ0v) is 23.9. The van der Waals surface area contributed by atoms with Crippen molar-refractivity contribution in [1.29, 1.82) is 0 Å². The maximum atomic E-state index is 12.3. The van der Waals surface area contributed by atoms with E-state index in [4.69, 9.17) is 10.5 Å². The molecule has 0 aliphatic rings.